The molecule has 90 valence electrons. The molecule has 1 atom stereocenters. The molecule has 1 N–H and O–H groups in total. The molecule has 0 amide bonds. The van der Waals surface area contributed by atoms with Gasteiger partial charge >= 0.3 is 0 Å². The van der Waals surface area contributed by atoms with E-state index < -0.39 is 0 Å². The van der Waals surface area contributed by atoms with Crippen LogP contribution < -0.4 is 5.32 Å². The van der Waals surface area contributed by atoms with Crippen LogP contribution in [0.3, 0.4) is 0 Å². The number of hydrogen-bond donors (Lipinski definition) is 1. The quantitative estimate of drug-likeness (QED) is 0.854. The Hall–Kier alpha value is -1.68. The van der Waals surface area contributed by atoms with Gasteiger partial charge in [0.15, 0.2) is 0 Å². The Labute approximate surface area is 102 Å². The van der Waals surface area contributed by atoms with Crippen molar-refractivity contribution < 1.29 is 0 Å². The maximum absolute atomic E-state index is 4.44. The van der Waals surface area contributed by atoms with Gasteiger partial charge in [0.2, 0.25) is 0 Å². The zero-order valence-corrected chi connectivity index (χ0v) is 10.3. The van der Waals surface area contributed by atoms with E-state index in [1.165, 1.54) is 0 Å². The molecule has 2 aromatic heterocycles. The lowest BCUT2D eigenvalue weighted by atomic mass is 10.1. The second kappa shape index (κ2) is 5.59. The summed E-state index contributed by atoms with van der Waals surface area (Å²) in [4.78, 5) is 8.86. The molecule has 0 bridgehead atoms. The van der Waals surface area contributed by atoms with Crippen LogP contribution in [0.15, 0.2) is 36.8 Å². The van der Waals surface area contributed by atoms with Gasteiger partial charge in [-0.05, 0) is 25.6 Å². The van der Waals surface area contributed by atoms with E-state index in [4.69, 9.17) is 0 Å². The van der Waals surface area contributed by atoms with Crippen molar-refractivity contribution in [1.82, 2.24) is 19.9 Å². The molecule has 4 heteroatoms. The van der Waals surface area contributed by atoms with Crippen molar-refractivity contribution in [1.29, 1.82) is 0 Å². The third-order valence-electron chi connectivity index (χ3n) is 2.74. The molecule has 2 rings (SSSR count). The van der Waals surface area contributed by atoms with Crippen LogP contribution in [0.5, 0.6) is 0 Å². The normalized spacial score (nSPS) is 12.6. The molecule has 1 unspecified atom stereocenters. The Kier molecular flexibility index (Phi) is 3.88. The minimum Gasteiger partial charge on any atom is -0.334 e. The third kappa shape index (κ3) is 2.53. The molecule has 0 saturated carbocycles. The largest absolute Gasteiger partial charge is 0.334 e. The Morgan fingerprint density at radius 3 is 2.76 bits per heavy atom. The summed E-state index contributed by atoms with van der Waals surface area (Å²) in [6, 6.07) is 6.03. The Morgan fingerprint density at radius 2 is 2.12 bits per heavy atom. The van der Waals surface area contributed by atoms with Crippen molar-refractivity contribution in [2.24, 2.45) is 0 Å². The number of pyridine rings is 1. The summed E-state index contributed by atoms with van der Waals surface area (Å²) in [5, 5.41) is 3.43. The molecule has 0 fully saturated rings. The maximum atomic E-state index is 4.44. The maximum Gasteiger partial charge on any atom is 0.132 e. The fourth-order valence-corrected chi connectivity index (χ4v) is 1.93. The van der Waals surface area contributed by atoms with E-state index in [2.05, 4.69) is 33.7 Å². The number of nitrogens with zero attached hydrogens (tertiary/aromatic N) is 3. The van der Waals surface area contributed by atoms with E-state index in [9.17, 15) is 0 Å². The molecule has 4 nitrogen and oxygen atoms in total. The fraction of sp³-hybridized carbons (Fsp3) is 0.385. The van der Waals surface area contributed by atoms with Gasteiger partial charge in [-0.3, -0.25) is 4.98 Å². The first-order valence-corrected chi connectivity index (χ1v) is 6.02. The average molecular weight is 230 g/mol. The number of hydrogen-bond acceptors (Lipinski definition) is 3. The standard InChI is InChI=1S/C13H18N4/c1-3-14-12(11-7-5-6-8-15-11)13-16-9-10-17(13)4-2/h5-10,12,14H,3-4H2,1-2H3. The summed E-state index contributed by atoms with van der Waals surface area (Å²) < 4.78 is 2.14. The molecular formula is C13H18N4. The molecular weight excluding hydrogens is 212 g/mol. The van der Waals surface area contributed by atoms with E-state index in [1.807, 2.05) is 36.8 Å². The predicted octanol–water partition coefficient (Wildman–Crippen LogP) is 2.00. The van der Waals surface area contributed by atoms with E-state index in [1.54, 1.807) is 0 Å². The highest BCUT2D eigenvalue weighted by atomic mass is 15.1. The molecule has 17 heavy (non-hydrogen) atoms. The van der Waals surface area contributed by atoms with Crippen LogP contribution in [0.2, 0.25) is 0 Å². The summed E-state index contributed by atoms with van der Waals surface area (Å²) in [6.45, 7) is 6.02. The van der Waals surface area contributed by atoms with Crippen LogP contribution in [-0.4, -0.2) is 21.1 Å². The number of aryl methyl sites for hydroxylation is 1. The van der Waals surface area contributed by atoms with Gasteiger partial charge in [0.1, 0.15) is 11.9 Å². The van der Waals surface area contributed by atoms with Crippen LogP contribution in [0.25, 0.3) is 0 Å². The summed E-state index contributed by atoms with van der Waals surface area (Å²) in [5.41, 5.74) is 1.01. The molecule has 0 saturated heterocycles. The molecule has 0 aliphatic carbocycles. The predicted molar refractivity (Wildman–Crippen MR) is 67.7 cm³/mol. The van der Waals surface area contributed by atoms with Crippen molar-refractivity contribution in [3.8, 4) is 0 Å². The molecule has 0 spiro atoms. The number of rotatable bonds is 5. The minimum absolute atomic E-state index is 0.0659. The second-order valence-electron chi connectivity index (χ2n) is 3.82. The molecule has 0 radical (unpaired) electrons. The van der Waals surface area contributed by atoms with Gasteiger partial charge in [0, 0.05) is 25.1 Å². The highest BCUT2D eigenvalue weighted by Crippen LogP contribution is 2.18. The van der Waals surface area contributed by atoms with Crippen molar-refractivity contribution in [2.75, 3.05) is 6.54 Å². The van der Waals surface area contributed by atoms with E-state index >= 15 is 0 Å². The van der Waals surface area contributed by atoms with Gasteiger partial charge in [-0.15, -0.1) is 0 Å². The van der Waals surface area contributed by atoms with Crippen LogP contribution >= 0.6 is 0 Å². The minimum atomic E-state index is 0.0659. The van der Waals surface area contributed by atoms with Crippen molar-refractivity contribution in [3.63, 3.8) is 0 Å². The van der Waals surface area contributed by atoms with Gasteiger partial charge < -0.3 is 9.88 Å². The first-order valence-electron chi connectivity index (χ1n) is 6.02. The molecule has 0 aliphatic heterocycles. The lowest BCUT2D eigenvalue weighted by Crippen LogP contribution is -2.26. The second-order valence-corrected chi connectivity index (χ2v) is 3.82. The lowest BCUT2D eigenvalue weighted by molar-refractivity contribution is 0.548. The lowest BCUT2D eigenvalue weighted by Gasteiger charge is -2.17. The first-order chi connectivity index (χ1) is 8.36. The molecule has 2 heterocycles. The Balaban J connectivity index is 2.36. The van der Waals surface area contributed by atoms with Crippen LogP contribution in [0, 0.1) is 0 Å². The van der Waals surface area contributed by atoms with Gasteiger partial charge in [0.05, 0.1) is 5.69 Å². The van der Waals surface area contributed by atoms with Crippen molar-refractivity contribution in [2.45, 2.75) is 26.4 Å². The third-order valence-corrected chi connectivity index (χ3v) is 2.74. The topological polar surface area (TPSA) is 42.7 Å². The monoisotopic (exact) mass is 230 g/mol. The number of aromatic nitrogens is 3. The summed E-state index contributed by atoms with van der Waals surface area (Å²) in [7, 11) is 0. The zero-order valence-electron chi connectivity index (χ0n) is 10.3. The summed E-state index contributed by atoms with van der Waals surface area (Å²) in [5.74, 6) is 1.02. The highest BCUT2D eigenvalue weighted by molar-refractivity contribution is 5.18. The highest BCUT2D eigenvalue weighted by Gasteiger charge is 2.18. The summed E-state index contributed by atoms with van der Waals surface area (Å²) >= 11 is 0. The molecule has 2 aromatic rings. The molecule has 0 aliphatic rings. The number of imidazole rings is 1. The van der Waals surface area contributed by atoms with Gasteiger partial charge in [-0.25, -0.2) is 4.98 Å². The van der Waals surface area contributed by atoms with Crippen molar-refractivity contribution in [3.05, 3.63) is 48.3 Å². The van der Waals surface area contributed by atoms with E-state index in [-0.39, 0.29) is 6.04 Å². The fourth-order valence-electron chi connectivity index (χ4n) is 1.93. The van der Waals surface area contributed by atoms with Crippen LogP contribution in [0.4, 0.5) is 0 Å². The zero-order chi connectivity index (χ0) is 12.1. The number of nitrogens with one attached hydrogen (secondary N) is 1. The van der Waals surface area contributed by atoms with Crippen molar-refractivity contribution >= 4 is 0 Å². The molecule has 0 aromatic carbocycles. The first kappa shape index (κ1) is 11.8. The van der Waals surface area contributed by atoms with Gasteiger partial charge in [-0.1, -0.05) is 13.0 Å². The van der Waals surface area contributed by atoms with E-state index in [0.717, 1.165) is 24.6 Å². The smallest absolute Gasteiger partial charge is 0.132 e. The summed E-state index contributed by atoms with van der Waals surface area (Å²) in [6.07, 6.45) is 5.66. The van der Waals surface area contributed by atoms with Crippen LogP contribution in [0.1, 0.15) is 31.4 Å². The Morgan fingerprint density at radius 1 is 1.24 bits per heavy atom. The average Bonchev–Trinajstić information content (AvgIpc) is 2.85. The van der Waals surface area contributed by atoms with Gasteiger partial charge in [-0.2, -0.15) is 0 Å². The van der Waals surface area contributed by atoms with Gasteiger partial charge in [0.25, 0.3) is 0 Å². The van der Waals surface area contributed by atoms with E-state index in [0.29, 0.717) is 0 Å². The van der Waals surface area contributed by atoms with Crippen LogP contribution in [-0.2, 0) is 6.54 Å². The Bertz CT molecular complexity index is 449. The SMILES string of the molecule is CCNC(c1ccccn1)c1nccn1CC.